The summed E-state index contributed by atoms with van der Waals surface area (Å²) in [4.78, 5) is 15.2. The number of aryl methyl sites for hydroxylation is 2. The SMILES string of the molecule is COc1ccccc1C(CNC(=O)CN(C)S(=O)(=O)c1ccc(C)c(C)c1)N1CCCC1. The fraction of sp³-hybridized carbons (Fsp3) is 0.458. The smallest absolute Gasteiger partial charge is 0.243 e. The van der Waals surface area contributed by atoms with Gasteiger partial charge in [0, 0.05) is 19.2 Å². The lowest BCUT2D eigenvalue weighted by atomic mass is 10.0. The molecule has 1 aliphatic heterocycles. The van der Waals surface area contributed by atoms with E-state index in [0.29, 0.717) is 6.54 Å². The van der Waals surface area contributed by atoms with Crippen molar-refractivity contribution >= 4 is 15.9 Å². The van der Waals surface area contributed by atoms with E-state index in [1.165, 1.54) is 7.05 Å². The highest BCUT2D eigenvalue weighted by molar-refractivity contribution is 7.89. The molecular formula is C24H33N3O4S. The molecular weight excluding hydrogens is 426 g/mol. The number of nitrogens with zero attached hydrogens (tertiary/aromatic N) is 2. The highest BCUT2D eigenvalue weighted by Crippen LogP contribution is 2.31. The Balaban J connectivity index is 1.69. The van der Waals surface area contributed by atoms with E-state index in [1.54, 1.807) is 25.3 Å². The Labute approximate surface area is 191 Å². The molecule has 174 valence electrons. The number of carbonyl (C=O) groups is 1. The van der Waals surface area contributed by atoms with Crippen molar-refractivity contribution in [2.45, 2.75) is 37.6 Å². The summed E-state index contributed by atoms with van der Waals surface area (Å²) in [5.74, 6) is 0.451. The van der Waals surface area contributed by atoms with Crippen molar-refractivity contribution in [2.75, 3.05) is 40.3 Å². The monoisotopic (exact) mass is 459 g/mol. The van der Waals surface area contributed by atoms with Crippen molar-refractivity contribution in [3.05, 3.63) is 59.2 Å². The minimum absolute atomic E-state index is 0.0285. The number of carbonyl (C=O) groups excluding carboxylic acids is 1. The van der Waals surface area contributed by atoms with Crippen LogP contribution >= 0.6 is 0 Å². The summed E-state index contributed by atoms with van der Waals surface area (Å²) in [5.41, 5.74) is 2.94. The number of nitrogens with one attached hydrogen (secondary N) is 1. The predicted octanol–water partition coefficient (Wildman–Crippen LogP) is 2.89. The van der Waals surface area contributed by atoms with Crippen molar-refractivity contribution in [3.63, 3.8) is 0 Å². The first-order valence-electron chi connectivity index (χ1n) is 10.9. The Hall–Kier alpha value is -2.42. The third kappa shape index (κ3) is 5.49. The minimum Gasteiger partial charge on any atom is -0.496 e. The summed E-state index contributed by atoms with van der Waals surface area (Å²) in [6, 6.07) is 12.8. The molecule has 7 nitrogen and oxygen atoms in total. The number of benzene rings is 2. The zero-order chi connectivity index (χ0) is 23.3. The first-order valence-corrected chi connectivity index (χ1v) is 12.4. The van der Waals surface area contributed by atoms with Gasteiger partial charge < -0.3 is 10.1 Å². The maximum atomic E-state index is 12.9. The van der Waals surface area contributed by atoms with E-state index < -0.39 is 10.0 Å². The maximum absolute atomic E-state index is 12.9. The number of amides is 1. The molecule has 2 aromatic carbocycles. The number of rotatable bonds is 9. The Kier molecular flexibility index (Phi) is 7.92. The van der Waals surface area contributed by atoms with Crippen molar-refractivity contribution in [1.29, 1.82) is 0 Å². The number of ether oxygens (including phenoxy) is 1. The molecule has 0 saturated carbocycles. The van der Waals surface area contributed by atoms with Crippen LogP contribution in [0.4, 0.5) is 0 Å². The largest absolute Gasteiger partial charge is 0.496 e. The number of likely N-dealkylation sites (N-methyl/N-ethyl adjacent to an activating group) is 1. The van der Waals surface area contributed by atoms with E-state index >= 15 is 0 Å². The zero-order valence-electron chi connectivity index (χ0n) is 19.3. The highest BCUT2D eigenvalue weighted by Gasteiger charge is 2.27. The summed E-state index contributed by atoms with van der Waals surface area (Å²) in [5, 5.41) is 2.94. The molecule has 1 heterocycles. The van der Waals surface area contributed by atoms with Gasteiger partial charge >= 0.3 is 0 Å². The van der Waals surface area contributed by atoms with Crippen LogP contribution in [0.5, 0.6) is 5.75 Å². The van der Waals surface area contributed by atoms with Crippen molar-refractivity contribution in [3.8, 4) is 5.75 Å². The molecule has 1 amide bonds. The van der Waals surface area contributed by atoms with Gasteiger partial charge in [0.15, 0.2) is 0 Å². The second-order valence-corrected chi connectivity index (χ2v) is 10.4. The number of para-hydroxylation sites is 1. The van der Waals surface area contributed by atoms with Gasteiger partial charge in [-0.05, 0) is 69.1 Å². The number of likely N-dealkylation sites (tertiary alicyclic amines) is 1. The van der Waals surface area contributed by atoms with Crippen LogP contribution in [0.3, 0.4) is 0 Å². The van der Waals surface area contributed by atoms with Crippen LogP contribution in [0.25, 0.3) is 0 Å². The van der Waals surface area contributed by atoms with E-state index in [1.807, 2.05) is 38.1 Å². The van der Waals surface area contributed by atoms with Crippen LogP contribution < -0.4 is 10.1 Å². The quantitative estimate of drug-likeness (QED) is 0.624. The Morgan fingerprint density at radius 3 is 2.47 bits per heavy atom. The van der Waals surface area contributed by atoms with Gasteiger partial charge in [-0.2, -0.15) is 4.31 Å². The second kappa shape index (κ2) is 10.5. The van der Waals surface area contributed by atoms with Gasteiger partial charge in [-0.3, -0.25) is 9.69 Å². The Morgan fingerprint density at radius 2 is 1.81 bits per heavy atom. The molecule has 1 aliphatic rings. The van der Waals surface area contributed by atoms with Crippen LogP contribution in [0.15, 0.2) is 47.4 Å². The lowest BCUT2D eigenvalue weighted by Gasteiger charge is -2.29. The molecule has 2 aromatic rings. The van der Waals surface area contributed by atoms with Gasteiger partial charge in [0.05, 0.1) is 24.6 Å². The average molecular weight is 460 g/mol. The van der Waals surface area contributed by atoms with Gasteiger partial charge in [0.25, 0.3) is 0 Å². The van der Waals surface area contributed by atoms with Crippen LogP contribution in [0, 0.1) is 13.8 Å². The highest BCUT2D eigenvalue weighted by atomic mass is 32.2. The van der Waals surface area contributed by atoms with E-state index in [2.05, 4.69) is 10.2 Å². The molecule has 1 N–H and O–H groups in total. The zero-order valence-corrected chi connectivity index (χ0v) is 20.1. The van der Waals surface area contributed by atoms with Gasteiger partial charge in [-0.25, -0.2) is 8.42 Å². The van der Waals surface area contributed by atoms with E-state index in [4.69, 9.17) is 4.74 Å². The molecule has 1 atom stereocenters. The van der Waals surface area contributed by atoms with Crippen LogP contribution in [0.2, 0.25) is 0 Å². The topological polar surface area (TPSA) is 79.0 Å². The molecule has 1 fully saturated rings. The normalized spacial score (nSPS) is 15.7. The fourth-order valence-electron chi connectivity index (χ4n) is 4.04. The molecule has 1 unspecified atom stereocenters. The number of methoxy groups -OCH3 is 1. The first kappa shape index (κ1) is 24.2. The standard InChI is InChI=1S/C24H33N3O4S/c1-18-11-12-20(15-19(18)2)32(29,30)26(3)17-24(28)25-16-22(27-13-7-8-14-27)21-9-5-6-10-23(21)31-4/h5-6,9-12,15,22H,7-8,13-14,16-17H2,1-4H3,(H,25,28). The molecule has 8 heteroatoms. The lowest BCUT2D eigenvalue weighted by Crippen LogP contribution is -2.42. The van der Waals surface area contributed by atoms with E-state index in [-0.39, 0.29) is 23.4 Å². The maximum Gasteiger partial charge on any atom is 0.243 e. The van der Waals surface area contributed by atoms with Crippen LogP contribution in [-0.4, -0.2) is 63.9 Å². The summed E-state index contributed by atoms with van der Waals surface area (Å²) >= 11 is 0. The lowest BCUT2D eigenvalue weighted by molar-refractivity contribution is -0.121. The van der Waals surface area contributed by atoms with E-state index in [9.17, 15) is 13.2 Å². The predicted molar refractivity (Wildman–Crippen MR) is 125 cm³/mol. The van der Waals surface area contributed by atoms with Gasteiger partial charge in [0.2, 0.25) is 15.9 Å². The molecule has 1 saturated heterocycles. The summed E-state index contributed by atoms with van der Waals surface area (Å²) in [6.07, 6.45) is 2.24. The third-order valence-electron chi connectivity index (χ3n) is 6.12. The third-order valence-corrected chi connectivity index (χ3v) is 7.92. The second-order valence-electron chi connectivity index (χ2n) is 8.31. The fourth-order valence-corrected chi connectivity index (χ4v) is 5.25. The number of hydrogen-bond acceptors (Lipinski definition) is 5. The van der Waals surface area contributed by atoms with Gasteiger partial charge in [-0.1, -0.05) is 24.3 Å². The molecule has 0 aliphatic carbocycles. The summed E-state index contributed by atoms with van der Waals surface area (Å²) in [6.45, 7) is 5.86. The van der Waals surface area contributed by atoms with Crippen LogP contribution in [0.1, 0.15) is 35.6 Å². The summed E-state index contributed by atoms with van der Waals surface area (Å²) in [7, 11) is -0.672. The Bertz CT molecular complexity index is 1050. The minimum atomic E-state index is -3.75. The van der Waals surface area contributed by atoms with Gasteiger partial charge in [-0.15, -0.1) is 0 Å². The summed E-state index contributed by atoms with van der Waals surface area (Å²) < 4.78 is 32.4. The molecule has 0 aromatic heterocycles. The van der Waals surface area contributed by atoms with Crippen molar-refractivity contribution in [1.82, 2.24) is 14.5 Å². The van der Waals surface area contributed by atoms with Crippen molar-refractivity contribution < 1.29 is 17.9 Å². The number of sulfonamides is 1. The molecule has 0 radical (unpaired) electrons. The van der Waals surface area contributed by atoms with Crippen molar-refractivity contribution in [2.24, 2.45) is 0 Å². The number of hydrogen-bond donors (Lipinski definition) is 1. The molecule has 32 heavy (non-hydrogen) atoms. The molecule has 0 bridgehead atoms. The van der Waals surface area contributed by atoms with Crippen LogP contribution in [-0.2, 0) is 14.8 Å². The molecule has 0 spiro atoms. The molecule has 3 rings (SSSR count). The average Bonchev–Trinajstić information content (AvgIpc) is 3.30. The Morgan fingerprint density at radius 1 is 1.12 bits per heavy atom. The van der Waals surface area contributed by atoms with E-state index in [0.717, 1.165) is 52.7 Å². The first-order chi connectivity index (χ1) is 15.2. The van der Waals surface area contributed by atoms with Gasteiger partial charge in [0.1, 0.15) is 5.75 Å².